The second kappa shape index (κ2) is 9.26. The quantitative estimate of drug-likeness (QED) is 0.684. The van der Waals surface area contributed by atoms with Crippen molar-refractivity contribution < 1.29 is 19.1 Å². The maximum absolute atomic E-state index is 12.5. The zero-order valence-corrected chi connectivity index (χ0v) is 17.2. The molecule has 1 aromatic carbocycles. The van der Waals surface area contributed by atoms with E-state index in [1.807, 2.05) is 51.1 Å². The summed E-state index contributed by atoms with van der Waals surface area (Å²) in [5.74, 6) is 0. The second-order valence-electron chi connectivity index (χ2n) is 7.32. The number of nitrogens with zero attached hydrogens (tertiary/aromatic N) is 2. The monoisotopic (exact) mass is 426 g/mol. The molecule has 1 aliphatic rings. The first-order chi connectivity index (χ1) is 12.3. The Hall–Kier alpha value is -1.76. The fourth-order valence-electron chi connectivity index (χ4n) is 2.73. The van der Waals surface area contributed by atoms with E-state index in [9.17, 15) is 9.59 Å². The van der Waals surface area contributed by atoms with Gasteiger partial charge in [0.25, 0.3) is 0 Å². The highest BCUT2D eigenvalue weighted by atomic mass is 79.9. The number of hydrogen-bond donors (Lipinski definition) is 0. The fraction of sp³-hybridized carbons (Fsp3) is 0.579. The molecular formula is C19H27BrN2O4. The van der Waals surface area contributed by atoms with E-state index in [0.717, 1.165) is 5.56 Å². The van der Waals surface area contributed by atoms with E-state index >= 15 is 0 Å². The molecule has 0 spiro atoms. The highest BCUT2D eigenvalue weighted by Crippen LogP contribution is 2.17. The number of carbonyl (C=O) groups excluding carboxylic acids is 2. The van der Waals surface area contributed by atoms with Crippen molar-refractivity contribution >= 4 is 28.1 Å². The van der Waals surface area contributed by atoms with Crippen LogP contribution in [-0.2, 0) is 16.1 Å². The summed E-state index contributed by atoms with van der Waals surface area (Å²) in [6.07, 6.45) is -0.0179. The predicted molar refractivity (Wildman–Crippen MR) is 103 cm³/mol. The van der Waals surface area contributed by atoms with Crippen LogP contribution < -0.4 is 0 Å². The van der Waals surface area contributed by atoms with Crippen molar-refractivity contribution in [3.8, 4) is 0 Å². The molecular weight excluding hydrogens is 400 g/mol. The smallest absolute Gasteiger partial charge is 0.410 e. The van der Waals surface area contributed by atoms with Crippen LogP contribution in [0.15, 0.2) is 30.3 Å². The number of rotatable bonds is 3. The number of hydrogen-bond acceptors (Lipinski definition) is 4. The lowest BCUT2D eigenvalue weighted by Crippen LogP contribution is -2.47. The summed E-state index contributed by atoms with van der Waals surface area (Å²) >= 11 is 3.46. The van der Waals surface area contributed by atoms with Crippen LogP contribution in [0.4, 0.5) is 9.59 Å². The Labute approximate surface area is 163 Å². The number of halogens is 1. The van der Waals surface area contributed by atoms with Crippen LogP contribution in [0.3, 0.4) is 0 Å². The van der Waals surface area contributed by atoms with Gasteiger partial charge in [0.15, 0.2) is 0 Å². The molecule has 0 aromatic heterocycles. The third kappa shape index (κ3) is 6.20. The average molecular weight is 427 g/mol. The number of benzene rings is 1. The number of carbonyl (C=O) groups is 2. The summed E-state index contributed by atoms with van der Waals surface area (Å²) in [7, 11) is 0. The van der Waals surface area contributed by atoms with E-state index in [0.29, 0.717) is 31.4 Å². The van der Waals surface area contributed by atoms with Gasteiger partial charge < -0.3 is 19.3 Å². The molecule has 1 heterocycles. The fourth-order valence-corrected chi connectivity index (χ4v) is 3.28. The molecule has 0 saturated carbocycles. The van der Waals surface area contributed by atoms with Crippen molar-refractivity contribution in [1.82, 2.24) is 9.80 Å². The third-order valence-electron chi connectivity index (χ3n) is 3.97. The zero-order valence-electron chi connectivity index (χ0n) is 15.6. The molecule has 1 atom stereocenters. The van der Waals surface area contributed by atoms with E-state index in [4.69, 9.17) is 9.47 Å². The van der Waals surface area contributed by atoms with Gasteiger partial charge in [0.2, 0.25) is 0 Å². The molecule has 1 aromatic rings. The van der Waals surface area contributed by atoms with Gasteiger partial charge in [-0.1, -0.05) is 46.3 Å². The van der Waals surface area contributed by atoms with Crippen molar-refractivity contribution in [2.24, 2.45) is 0 Å². The topological polar surface area (TPSA) is 59.1 Å². The lowest BCUT2D eigenvalue weighted by Gasteiger charge is -2.31. The van der Waals surface area contributed by atoms with Gasteiger partial charge in [-0.05, 0) is 32.8 Å². The van der Waals surface area contributed by atoms with Crippen LogP contribution in [0.1, 0.15) is 32.8 Å². The summed E-state index contributed by atoms with van der Waals surface area (Å²) in [5.41, 5.74) is 0.406. The van der Waals surface area contributed by atoms with Gasteiger partial charge in [-0.15, -0.1) is 0 Å². The third-order valence-corrected chi connectivity index (χ3v) is 4.72. The van der Waals surface area contributed by atoms with Gasteiger partial charge >= 0.3 is 12.2 Å². The Bertz CT molecular complexity index is 603. The summed E-state index contributed by atoms with van der Waals surface area (Å²) in [5, 5.41) is 0.562. The molecule has 6 nitrogen and oxygen atoms in total. The highest BCUT2D eigenvalue weighted by molar-refractivity contribution is 9.09. The molecule has 1 fully saturated rings. The Morgan fingerprint density at radius 2 is 1.85 bits per heavy atom. The Morgan fingerprint density at radius 3 is 2.46 bits per heavy atom. The molecule has 0 radical (unpaired) electrons. The van der Waals surface area contributed by atoms with Crippen LogP contribution in [0.25, 0.3) is 0 Å². The Kier molecular flexibility index (Phi) is 7.32. The molecule has 1 saturated heterocycles. The normalized spacial score (nSPS) is 18.2. The van der Waals surface area contributed by atoms with Crippen molar-refractivity contribution in [2.75, 3.05) is 25.0 Å². The van der Waals surface area contributed by atoms with Gasteiger partial charge in [0.1, 0.15) is 12.2 Å². The molecule has 7 heteroatoms. The molecule has 0 bridgehead atoms. The SMILES string of the molecule is CC(C)(C)OC(=O)N1CCCN(C(=O)OCc2ccccc2)C(CBr)C1. The maximum atomic E-state index is 12.5. The largest absolute Gasteiger partial charge is 0.445 e. The van der Waals surface area contributed by atoms with Crippen LogP contribution >= 0.6 is 15.9 Å². The minimum Gasteiger partial charge on any atom is -0.445 e. The van der Waals surface area contributed by atoms with E-state index in [-0.39, 0.29) is 24.8 Å². The van der Waals surface area contributed by atoms with Crippen LogP contribution in [0.5, 0.6) is 0 Å². The molecule has 144 valence electrons. The second-order valence-corrected chi connectivity index (χ2v) is 7.97. The van der Waals surface area contributed by atoms with E-state index in [1.54, 1.807) is 9.80 Å². The van der Waals surface area contributed by atoms with Crippen molar-refractivity contribution in [1.29, 1.82) is 0 Å². The van der Waals surface area contributed by atoms with E-state index in [1.165, 1.54) is 0 Å². The van der Waals surface area contributed by atoms with Crippen LogP contribution in [0.2, 0.25) is 0 Å². The summed E-state index contributed by atoms with van der Waals surface area (Å²) in [4.78, 5) is 28.3. The summed E-state index contributed by atoms with van der Waals surface area (Å²) in [6, 6.07) is 9.42. The molecule has 0 N–H and O–H groups in total. The van der Waals surface area contributed by atoms with Crippen LogP contribution in [0, 0.1) is 0 Å². The Morgan fingerprint density at radius 1 is 1.15 bits per heavy atom. The van der Waals surface area contributed by atoms with Crippen molar-refractivity contribution in [3.63, 3.8) is 0 Å². The number of amides is 2. The van der Waals surface area contributed by atoms with E-state index in [2.05, 4.69) is 15.9 Å². The molecule has 26 heavy (non-hydrogen) atoms. The van der Waals surface area contributed by atoms with Crippen LogP contribution in [-0.4, -0.2) is 58.6 Å². The number of ether oxygens (including phenoxy) is 2. The van der Waals surface area contributed by atoms with E-state index < -0.39 is 5.60 Å². The predicted octanol–water partition coefficient (Wildman–Crippen LogP) is 4.03. The molecule has 2 rings (SSSR count). The zero-order chi connectivity index (χ0) is 19.2. The lowest BCUT2D eigenvalue weighted by atomic mass is 10.2. The van der Waals surface area contributed by atoms with Crippen molar-refractivity contribution in [2.45, 2.75) is 45.4 Å². The first kappa shape index (κ1) is 20.6. The highest BCUT2D eigenvalue weighted by Gasteiger charge is 2.32. The van der Waals surface area contributed by atoms with Crippen molar-refractivity contribution in [3.05, 3.63) is 35.9 Å². The minimum atomic E-state index is -0.540. The lowest BCUT2D eigenvalue weighted by molar-refractivity contribution is 0.0231. The van der Waals surface area contributed by atoms with Gasteiger partial charge in [0, 0.05) is 25.0 Å². The average Bonchev–Trinajstić information content (AvgIpc) is 2.81. The molecule has 1 aliphatic heterocycles. The maximum Gasteiger partial charge on any atom is 0.410 e. The Balaban J connectivity index is 1.97. The first-order valence-electron chi connectivity index (χ1n) is 8.81. The summed E-state index contributed by atoms with van der Waals surface area (Å²) in [6.45, 7) is 7.29. The van der Waals surface area contributed by atoms with Gasteiger partial charge in [-0.3, -0.25) is 0 Å². The van der Waals surface area contributed by atoms with Gasteiger partial charge in [0.05, 0.1) is 6.04 Å². The van der Waals surface area contributed by atoms with Gasteiger partial charge in [-0.2, -0.15) is 0 Å². The van der Waals surface area contributed by atoms with Gasteiger partial charge in [-0.25, -0.2) is 9.59 Å². The summed E-state index contributed by atoms with van der Waals surface area (Å²) < 4.78 is 10.9. The number of alkyl halides is 1. The first-order valence-corrected chi connectivity index (χ1v) is 9.93. The molecule has 0 aliphatic carbocycles. The molecule has 1 unspecified atom stereocenters. The standard InChI is InChI=1S/C19H27BrN2O4/c1-19(2,3)26-17(23)21-10-7-11-22(16(12-20)13-21)18(24)25-14-15-8-5-4-6-9-15/h4-6,8-9,16H,7,10-14H2,1-3H3. The molecule has 2 amide bonds. The minimum absolute atomic E-state index is 0.159.